The van der Waals surface area contributed by atoms with E-state index in [0.29, 0.717) is 18.2 Å². The normalized spacial score (nSPS) is 18.9. The van der Waals surface area contributed by atoms with Crippen molar-refractivity contribution in [1.82, 2.24) is 4.90 Å². The van der Waals surface area contributed by atoms with Gasteiger partial charge in [0.2, 0.25) is 0 Å². The van der Waals surface area contributed by atoms with E-state index in [9.17, 15) is 4.39 Å². The van der Waals surface area contributed by atoms with Gasteiger partial charge in [-0.25, -0.2) is 4.39 Å². The Hall–Kier alpha value is -0.905. The molecule has 102 valence electrons. The Morgan fingerprint density at radius 2 is 1.95 bits per heavy atom. The zero-order valence-electron chi connectivity index (χ0n) is 10.9. The average molecular weight is 263 g/mol. The van der Waals surface area contributed by atoms with Gasteiger partial charge in [-0.1, -0.05) is 12.1 Å². The largest absolute Gasteiger partial charge is 0.488 e. The standard InChI is InChI=1S/C14H19BFNO2/c16-14-7-12(15(18)19)4-3-11(14)9-17(13-5-6-13)8-10-1-2-10/h3-4,7,10,13,18-19H,1-2,5-6,8-9H2. The summed E-state index contributed by atoms with van der Waals surface area (Å²) in [5.41, 5.74) is 0.860. The second kappa shape index (κ2) is 5.23. The van der Waals surface area contributed by atoms with Crippen LogP contribution in [0.5, 0.6) is 0 Å². The Bertz CT molecular complexity index is 461. The molecule has 0 radical (unpaired) electrons. The predicted octanol–water partition coefficient (Wildman–Crippen LogP) is 0.880. The average Bonchev–Trinajstić information content (AvgIpc) is 3.24. The van der Waals surface area contributed by atoms with Crippen molar-refractivity contribution in [2.45, 2.75) is 38.3 Å². The third-order valence-corrected chi connectivity index (χ3v) is 4.00. The van der Waals surface area contributed by atoms with Crippen LogP contribution >= 0.6 is 0 Å². The molecule has 3 rings (SSSR count). The van der Waals surface area contributed by atoms with Crippen molar-refractivity contribution >= 4 is 12.6 Å². The SMILES string of the molecule is OB(O)c1ccc(CN(CC2CC2)C2CC2)c(F)c1. The smallest absolute Gasteiger partial charge is 0.423 e. The monoisotopic (exact) mass is 263 g/mol. The van der Waals surface area contributed by atoms with Gasteiger partial charge in [0.25, 0.3) is 0 Å². The lowest BCUT2D eigenvalue weighted by Crippen LogP contribution is -2.31. The van der Waals surface area contributed by atoms with Gasteiger partial charge in [0, 0.05) is 24.7 Å². The van der Waals surface area contributed by atoms with Crippen molar-refractivity contribution in [3.05, 3.63) is 29.6 Å². The molecular weight excluding hydrogens is 244 g/mol. The molecule has 0 unspecified atom stereocenters. The summed E-state index contributed by atoms with van der Waals surface area (Å²) in [6, 6.07) is 5.11. The van der Waals surface area contributed by atoms with E-state index in [1.165, 1.54) is 31.7 Å². The van der Waals surface area contributed by atoms with E-state index >= 15 is 0 Å². The number of rotatable bonds is 6. The quantitative estimate of drug-likeness (QED) is 0.749. The first-order valence-corrected chi connectivity index (χ1v) is 7.02. The van der Waals surface area contributed by atoms with Crippen LogP contribution in [0, 0.1) is 11.7 Å². The van der Waals surface area contributed by atoms with Crippen LogP contribution in [0.25, 0.3) is 0 Å². The molecule has 2 aliphatic carbocycles. The van der Waals surface area contributed by atoms with Gasteiger partial charge >= 0.3 is 7.12 Å². The highest BCUT2D eigenvalue weighted by Gasteiger charge is 2.33. The van der Waals surface area contributed by atoms with Gasteiger partial charge in [-0.05, 0) is 43.1 Å². The summed E-state index contributed by atoms with van der Waals surface area (Å²) in [5, 5.41) is 18.0. The lowest BCUT2D eigenvalue weighted by Gasteiger charge is -2.22. The van der Waals surface area contributed by atoms with E-state index in [-0.39, 0.29) is 11.3 Å². The molecule has 0 bridgehead atoms. The van der Waals surface area contributed by atoms with Crippen molar-refractivity contribution in [2.75, 3.05) is 6.54 Å². The van der Waals surface area contributed by atoms with E-state index in [1.54, 1.807) is 12.1 Å². The molecule has 3 nitrogen and oxygen atoms in total. The second-order valence-corrected chi connectivity index (χ2v) is 5.83. The van der Waals surface area contributed by atoms with Crippen LogP contribution < -0.4 is 5.46 Å². The molecule has 2 saturated carbocycles. The second-order valence-electron chi connectivity index (χ2n) is 5.83. The minimum Gasteiger partial charge on any atom is -0.423 e. The van der Waals surface area contributed by atoms with E-state index in [2.05, 4.69) is 4.90 Å². The van der Waals surface area contributed by atoms with E-state index in [4.69, 9.17) is 10.0 Å². The van der Waals surface area contributed by atoms with Crippen LogP contribution in [0.15, 0.2) is 18.2 Å². The minimum atomic E-state index is -1.60. The first-order chi connectivity index (χ1) is 9.13. The van der Waals surface area contributed by atoms with Gasteiger partial charge in [-0.3, -0.25) is 4.90 Å². The van der Waals surface area contributed by atoms with Crippen molar-refractivity contribution in [3.63, 3.8) is 0 Å². The van der Waals surface area contributed by atoms with Gasteiger partial charge in [-0.15, -0.1) is 0 Å². The molecule has 5 heteroatoms. The highest BCUT2D eigenvalue weighted by molar-refractivity contribution is 6.58. The molecule has 19 heavy (non-hydrogen) atoms. The summed E-state index contributed by atoms with van der Waals surface area (Å²) in [5.74, 6) is 0.467. The predicted molar refractivity (Wildman–Crippen MR) is 72.4 cm³/mol. The first kappa shape index (κ1) is 13.1. The maximum atomic E-state index is 14.0. The Balaban J connectivity index is 1.69. The summed E-state index contributed by atoms with van der Waals surface area (Å²) in [6.45, 7) is 1.71. The number of hydrogen-bond acceptors (Lipinski definition) is 3. The number of nitrogens with zero attached hydrogens (tertiary/aromatic N) is 1. The molecule has 0 aromatic heterocycles. The lowest BCUT2D eigenvalue weighted by atomic mass is 9.80. The van der Waals surface area contributed by atoms with E-state index < -0.39 is 7.12 Å². The van der Waals surface area contributed by atoms with Crippen LogP contribution in [-0.4, -0.2) is 34.7 Å². The van der Waals surface area contributed by atoms with Gasteiger partial charge in [0.1, 0.15) is 5.82 Å². The molecular formula is C14H19BFNO2. The molecule has 0 heterocycles. The third kappa shape index (κ3) is 3.35. The molecule has 0 aliphatic heterocycles. The third-order valence-electron chi connectivity index (χ3n) is 4.00. The van der Waals surface area contributed by atoms with Crippen molar-refractivity contribution in [2.24, 2.45) is 5.92 Å². The summed E-state index contributed by atoms with van der Waals surface area (Å²) in [6.07, 6.45) is 5.06. The van der Waals surface area contributed by atoms with E-state index in [0.717, 1.165) is 12.5 Å². The number of halogens is 1. The van der Waals surface area contributed by atoms with Crippen molar-refractivity contribution < 1.29 is 14.4 Å². The highest BCUT2D eigenvalue weighted by atomic mass is 19.1. The topological polar surface area (TPSA) is 43.7 Å². The maximum absolute atomic E-state index is 14.0. The van der Waals surface area contributed by atoms with Crippen LogP contribution in [0.2, 0.25) is 0 Å². The molecule has 1 aromatic carbocycles. The van der Waals surface area contributed by atoms with Gasteiger partial charge < -0.3 is 10.0 Å². The van der Waals surface area contributed by atoms with Gasteiger partial charge in [-0.2, -0.15) is 0 Å². The Kier molecular flexibility index (Phi) is 3.61. The molecule has 2 N–H and O–H groups in total. The number of hydrogen-bond donors (Lipinski definition) is 2. The van der Waals surface area contributed by atoms with Crippen LogP contribution in [0.4, 0.5) is 4.39 Å². The summed E-state index contributed by atoms with van der Waals surface area (Å²) < 4.78 is 14.0. The van der Waals surface area contributed by atoms with Crippen LogP contribution in [-0.2, 0) is 6.54 Å². The van der Waals surface area contributed by atoms with Crippen molar-refractivity contribution in [1.29, 1.82) is 0 Å². The van der Waals surface area contributed by atoms with Gasteiger partial charge in [0.15, 0.2) is 0 Å². The number of benzene rings is 1. The molecule has 0 spiro atoms. The molecule has 0 saturated heterocycles. The van der Waals surface area contributed by atoms with Gasteiger partial charge in [0.05, 0.1) is 0 Å². The first-order valence-electron chi connectivity index (χ1n) is 7.02. The maximum Gasteiger partial charge on any atom is 0.488 e. The van der Waals surface area contributed by atoms with Crippen LogP contribution in [0.3, 0.4) is 0 Å². The van der Waals surface area contributed by atoms with Crippen molar-refractivity contribution in [3.8, 4) is 0 Å². The molecule has 2 aliphatic rings. The fourth-order valence-corrected chi connectivity index (χ4v) is 2.49. The molecule has 0 amide bonds. The summed E-state index contributed by atoms with van der Waals surface area (Å²) >= 11 is 0. The molecule has 2 fully saturated rings. The fraction of sp³-hybridized carbons (Fsp3) is 0.571. The Morgan fingerprint density at radius 1 is 1.21 bits per heavy atom. The Labute approximate surface area is 113 Å². The zero-order valence-corrected chi connectivity index (χ0v) is 10.9. The summed E-state index contributed by atoms with van der Waals surface area (Å²) in [7, 11) is -1.60. The minimum absolute atomic E-state index is 0.210. The highest BCUT2D eigenvalue weighted by Crippen LogP contribution is 2.35. The molecule has 0 atom stereocenters. The Morgan fingerprint density at radius 3 is 2.47 bits per heavy atom. The fourth-order valence-electron chi connectivity index (χ4n) is 2.49. The lowest BCUT2D eigenvalue weighted by molar-refractivity contribution is 0.241. The summed E-state index contributed by atoms with van der Waals surface area (Å²) in [4.78, 5) is 2.38. The molecule has 1 aromatic rings. The zero-order chi connectivity index (χ0) is 13.4. The van der Waals surface area contributed by atoms with Crippen LogP contribution in [0.1, 0.15) is 31.2 Å². The van der Waals surface area contributed by atoms with E-state index in [1.807, 2.05) is 0 Å².